The molecular formula is C17H13ClF2N2O2S2. The molecule has 1 N–H and O–H groups in total. The summed E-state index contributed by atoms with van der Waals surface area (Å²) >= 11 is 7.29. The second-order valence-electron chi connectivity index (χ2n) is 5.37. The molecule has 136 valence electrons. The van der Waals surface area contributed by atoms with Gasteiger partial charge in [0.05, 0.1) is 5.69 Å². The first-order chi connectivity index (χ1) is 12.3. The van der Waals surface area contributed by atoms with E-state index in [0.717, 1.165) is 22.7 Å². The molecule has 0 unspecified atom stereocenters. The zero-order chi connectivity index (χ0) is 18.7. The average molecular weight is 415 g/mol. The maximum Gasteiger partial charge on any atom is 0.243 e. The van der Waals surface area contributed by atoms with Crippen molar-refractivity contribution in [2.24, 2.45) is 0 Å². The number of nitrogens with one attached hydrogen (secondary N) is 1. The third-order valence-electron chi connectivity index (χ3n) is 3.50. The van der Waals surface area contributed by atoms with Crippen LogP contribution in [0.3, 0.4) is 0 Å². The summed E-state index contributed by atoms with van der Waals surface area (Å²) in [5.74, 6) is -1.96. The lowest BCUT2D eigenvalue weighted by atomic mass is 10.2. The molecule has 2 aromatic carbocycles. The minimum atomic E-state index is -4.06. The molecule has 1 heterocycles. The van der Waals surface area contributed by atoms with Crippen molar-refractivity contribution < 1.29 is 17.2 Å². The minimum Gasteiger partial charge on any atom is -0.241 e. The number of nitrogens with zero attached hydrogens (tertiary/aromatic N) is 1. The monoisotopic (exact) mass is 414 g/mol. The molecule has 0 aliphatic rings. The highest BCUT2D eigenvalue weighted by atomic mass is 35.5. The predicted octanol–water partition coefficient (Wildman–Crippen LogP) is 4.26. The molecule has 3 aromatic rings. The van der Waals surface area contributed by atoms with Gasteiger partial charge in [0.15, 0.2) is 0 Å². The summed E-state index contributed by atoms with van der Waals surface area (Å²) < 4.78 is 53.1. The third kappa shape index (κ3) is 4.45. The van der Waals surface area contributed by atoms with Gasteiger partial charge < -0.3 is 0 Å². The Morgan fingerprint density at radius 2 is 1.85 bits per heavy atom. The number of hydrogen-bond donors (Lipinski definition) is 1. The zero-order valence-electron chi connectivity index (χ0n) is 13.2. The number of rotatable bonds is 6. The van der Waals surface area contributed by atoms with E-state index in [1.54, 1.807) is 12.1 Å². The molecule has 0 aliphatic carbocycles. The largest absolute Gasteiger partial charge is 0.243 e. The van der Waals surface area contributed by atoms with Crippen LogP contribution < -0.4 is 4.72 Å². The molecule has 4 nitrogen and oxygen atoms in total. The Labute approximate surface area is 158 Å². The van der Waals surface area contributed by atoms with E-state index in [-0.39, 0.29) is 6.54 Å². The van der Waals surface area contributed by atoms with E-state index >= 15 is 0 Å². The van der Waals surface area contributed by atoms with E-state index < -0.39 is 26.6 Å². The summed E-state index contributed by atoms with van der Waals surface area (Å²) in [4.78, 5) is 3.86. The summed E-state index contributed by atoms with van der Waals surface area (Å²) in [7, 11) is -4.06. The van der Waals surface area contributed by atoms with Crippen molar-refractivity contribution in [3.8, 4) is 10.6 Å². The van der Waals surface area contributed by atoms with Crippen molar-refractivity contribution >= 4 is 33.0 Å². The van der Waals surface area contributed by atoms with Crippen LogP contribution in [-0.4, -0.2) is 19.9 Å². The first-order valence-electron chi connectivity index (χ1n) is 7.50. The summed E-state index contributed by atoms with van der Waals surface area (Å²) in [5.41, 5.74) is 1.63. The van der Waals surface area contributed by atoms with Gasteiger partial charge in [0.1, 0.15) is 21.5 Å². The molecule has 0 spiro atoms. The molecule has 1 aromatic heterocycles. The van der Waals surface area contributed by atoms with E-state index in [2.05, 4.69) is 9.71 Å². The van der Waals surface area contributed by atoms with Gasteiger partial charge in [0.25, 0.3) is 0 Å². The molecule has 0 aliphatic heterocycles. The highest BCUT2D eigenvalue weighted by Crippen LogP contribution is 2.25. The highest BCUT2D eigenvalue weighted by Gasteiger charge is 2.19. The van der Waals surface area contributed by atoms with Gasteiger partial charge in [-0.15, -0.1) is 11.3 Å². The molecule has 26 heavy (non-hydrogen) atoms. The SMILES string of the molecule is O=S(=O)(NCCc1csc(-c2ccc(Cl)cc2)n1)c1ccc(F)cc1F. The number of aromatic nitrogens is 1. The number of halogens is 3. The number of hydrogen-bond acceptors (Lipinski definition) is 4. The number of thiazole rings is 1. The molecule has 0 radical (unpaired) electrons. The Bertz CT molecular complexity index is 1020. The standard InChI is InChI=1S/C17H13ClF2N2O2S2/c18-12-3-1-11(2-4-12)17-22-14(10-25-17)7-8-21-26(23,24)16-6-5-13(19)9-15(16)20/h1-6,9-10,21H,7-8H2. The van der Waals surface area contributed by atoms with E-state index in [1.165, 1.54) is 11.3 Å². The summed E-state index contributed by atoms with van der Waals surface area (Å²) in [6, 6.07) is 9.57. The van der Waals surface area contributed by atoms with Gasteiger partial charge in [0.2, 0.25) is 10.0 Å². The Balaban J connectivity index is 1.64. The van der Waals surface area contributed by atoms with Crippen LogP contribution in [-0.2, 0) is 16.4 Å². The Hall–Kier alpha value is -1.87. The van der Waals surface area contributed by atoms with Crippen LogP contribution >= 0.6 is 22.9 Å². The minimum absolute atomic E-state index is 0.0446. The molecule has 0 atom stereocenters. The highest BCUT2D eigenvalue weighted by molar-refractivity contribution is 7.89. The zero-order valence-corrected chi connectivity index (χ0v) is 15.6. The van der Waals surface area contributed by atoms with Crippen molar-refractivity contribution in [3.05, 3.63) is 70.2 Å². The van der Waals surface area contributed by atoms with E-state index in [9.17, 15) is 17.2 Å². The predicted molar refractivity (Wildman–Crippen MR) is 97.8 cm³/mol. The second kappa shape index (κ2) is 7.79. The maximum atomic E-state index is 13.6. The van der Waals surface area contributed by atoms with Gasteiger partial charge in [-0.1, -0.05) is 23.7 Å². The fourth-order valence-corrected chi connectivity index (χ4v) is 4.31. The van der Waals surface area contributed by atoms with Crippen LogP contribution in [0, 0.1) is 11.6 Å². The van der Waals surface area contributed by atoms with Gasteiger partial charge in [-0.3, -0.25) is 0 Å². The van der Waals surface area contributed by atoms with Crippen molar-refractivity contribution in [2.75, 3.05) is 6.54 Å². The second-order valence-corrected chi connectivity index (χ2v) is 8.40. The van der Waals surface area contributed by atoms with Crippen LogP contribution in [0.5, 0.6) is 0 Å². The lowest BCUT2D eigenvalue weighted by Gasteiger charge is -2.07. The summed E-state index contributed by atoms with van der Waals surface area (Å²) in [5, 5.41) is 3.26. The molecule has 9 heteroatoms. The Kier molecular flexibility index (Phi) is 5.67. The first kappa shape index (κ1) is 18.9. The average Bonchev–Trinajstić information content (AvgIpc) is 3.04. The van der Waals surface area contributed by atoms with Gasteiger partial charge in [-0.25, -0.2) is 26.9 Å². The van der Waals surface area contributed by atoms with Crippen molar-refractivity contribution in [3.63, 3.8) is 0 Å². The van der Waals surface area contributed by atoms with Gasteiger partial charge >= 0.3 is 0 Å². The quantitative estimate of drug-likeness (QED) is 0.655. The maximum absolute atomic E-state index is 13.6. The number of benzene rings is 2. The molecular weight excluding hydrogens is 402 g/mol. The van der Waals surface area contributed by atoms with Crippen LogP contribution in [0.15, 0.2) is 52.7 Å². The van der Waals surface area contributed by atoms with Crippen molar-refractivity contribution in [1.82, 2.24) is 9.71 Å². The third-order valence-corrected chi connectivity index (χ3v) is 6.19. The van der Waals surface area contributed by atoms with Gasteiger partial charge in [-0.05, 0) is 24.3 Å². The molecule has 0 amide bonds. The van der Waals surface area contributed by atoms with Crippen molar-refractivity contribution in [1.29, 1.82) is 0 Å². The van der Waals surface area contributed by atoms with Crippen LogP contribution in [0.25, 0.3) is 10.6 Å². The Morgan fingerprint density at radius 1 is 1.12 bits per heavy atom. The molecule has 3 rings (SSSR count). The lowest BCUT2D eigenvalue weighted by Crippen LogP contribution is -2.27. The normalized spacial score (nSPS) is 11.7. The van der Waals surface area contributed by atoms with E-state index in [1.807, 2.05) is 17.5 Å². The van der Waals surface area contributed by atoms with Gasteiger partial charge in [0, 0.05) is 35.0 Å². The smallest absolute Gasteiger partial charge is 0.241 e. The molecule has 0 fully saturated rings. The summed E-state index contributed by atoms with van der Waals surface area (Å²) in [6.45, 7) is 0.0446. The molecule has 0 saturated carbocycles. The Morgan fingerprint density at radius 3 is 2.54 bits per heavy atom. The molecule has 0 saturated heterocycles. The van der Waals surface area contributed by atoms with E-state index in [4.69, 9.17) is 11.6 Å². The van der Waals surface area contributed by atoms with Crippen LogP contribution in [0.4, 0.5) is 8.78 Å². The lowest BCUT2D eigenvalue weighted by molar-refractivity contribution is 0.543. The topological polar surface area (TPSA) is 59.1 Å². The first-order valence-corrected chi connectivity index (χ1v) is 10.2. The van der Waals surface area contributed by atoms with E-state index in [0.29, 0.717) is 23.2 Å². The fourth-order valence-electron chi connectivity index (χ4n) is 2.23. The number of sulfonamides is 1. The van der Waals surface area contributed by atoms with Crippen LogP contribution in [0.2, 0.25) is 5.02 Å². The fraction of sp³-hybridized carbons (Fsp3) is 0.118. The summed E-state index contributed by atoms with van der Waals surface area (Å²) in [6.07, 6.45) is 0.339. The van der Waals surface area contributed by atoms with Crippen LogP contribution in [0.1, 0.15) is 5.69 Å². The van der Waals surface area contributed by atoms with Crippen molar-refractivity contribution in [2.45, 2.75) is 11.3 Å². The van der Waals surface area contributed by atoms with Gasteiger partial charge in [-0.2, -0.15) is 0 Å². The molecule has 0 bridgehead atoms.